The molecule has 0 fully saturated rings. The van der Waals surface area contributed by atoms with E-state index in [9.17, 15) is 4.79 Å². The molecule has 0 spiro atoms. The summed E-state index contributed by atoms with van der Waals surface area (Å²) >= 11 is 0. The molecule has 2 N–H and O–H groups in total. The first kappa shape index (κ1) is 17.7. The van der Waals surface area contributed by atoms with Gasteiger partial charge in [-0.05, 0) is 38.1 Å². The highest BCUT2D eigenvalue weighted by Gasteiger charge is 2.18. The van der Waals surface area contributed by atoms with E-state index in [1.54, 1.807) is 26.1 Å². The summed E-state index contributed by atoms with van der Waals surface area (Å²) < 4.78 is 10.9. The molecule has 1 amide bonds. The molecule has 3 aromatic heterocycles. The summed E-state index contributed by atoms with van der Waals surface area (Å²) in [7, 11) is 0. The van der Waals surface area contributed by atoms with Crippen LogP contribution < -0.4 is 10.1 Å². The third kappa shape index (κ3) is 3.83. The van der Waals surface area contributed by atoms with E-state index in [0.29, 0.717) is 23.2 Å². The SMILES string of the molecule is Cc1nc(C(C)NC(=O)c2cc(COc3ccc4ncccc4c3)on2)n[nH]1. The highest BCUT2D eigenvalue weighted by Crippen LogP contribution is 2.20. The molecule has 0 aliphatic heterocycles. The zero-order chi connectivity index (χ0) is 19.5. The van der Waals surface area contributed by atoms with Crippen LogP contribution in [0.3, 0.4) is 0 Å². The number of nitrogens with one attached hydrogen (secondary N) is 2. The molecule has 3 heterocycles. The second kappa shape index (κ2) is 7.47. The van der Waals surface area contributed by atoms with Crippen LogP contribution in [-0.2, 0) is 6.61 Å². The number of carbonyl (C=O) groups excluding carboxylic acids is 1. The standard InChI is InChI=1S/C19H18N6O3/c1-11(18-22-12(2)23-24-18)21-19(26)17-9-15(28-25-17)10-27-14-5-6-16-13(8-14)4-3-7-20-16/h3-9,11H,10H2,1-2H3,(H,21,26)(H,22,23,24). The van der Waals surface area contributed by atoms with Crippen molar-refractivity contribution in [2.24, 2.45) is 0 Å². The van der Waals surface area contributed by atoms with Crippen molar-refractivity contribution in [3.05, 3.63) is 65.7 Å². The Morgan fingerprint density at radius 2 is 2.21 bits per heavy atom. The maximum Gasteiger partial charge on any atom is 0.274 e. The Morgan fingerprint density at radius 3 is 3.04 bits per heavy atom. The first-order valence-corrected chi connectivity index (χ1v) is 8.71. The van der Waals surface area contributed by atoms with Crippen molar-refractivity contribution in [1.29, 1.82) is 0 Å². The third-order valence-corrected chi connectivity index (χ3v) is 4.10. The molecular weight excluding hydrogens is 360 g/mol. The number of nitrogens with zero attached hydrogens (tertiary/aromatic N) is 4. The molecule has 1 aromatic carbocycles. The largest absolute Gasteiger partial charge is 0.486 e. The van der Waals surface area contributed by atoms with Crippen molar-refractivity contribution < 1.29 is 14.1 Å². The Bertz CT molecular complexity index is 1120. The molecule has 1 atom stereocenters. The highest BCUT2D eigenvalue weighted by atomic mass is 16.5. The molecular formula is C19H18N6O3. The molecule has 0 aliphatic carbocycles. The fourth-order valence-electron chi connectivity index (χ4n) is 2.67. The van der Waals surface area contributed by atoms with E-state index in [4.69, 9.17) is 9.26 Å². The Balaban J connectivity index is 1.37. The van der Waals surface area contributed by atoms with Gasteiger partial charge in [-0.2, -0.15) is 5.10 Å². The van der Waals surface area contributed by atoms with Crippen LogP contribution in [0.15, 0.2) is 47.1 Å². The summed E-state index contributed by atoms with van der Waals surface area (Å²) in [5, 5.41) is 14.3. The summed E-state index contributed by atoms with van der Waals surface area (Å²) in [4.78, 5) is 20.8. The molecule has 28 heavy (non-hydrogen) atoms. The Labute approximate surface area is 160 Å². The van der Waals surface area contributed by atoms with Gasteiger partial charge in [0.05, 0.1) is 11.6 Å². The fourth-order valence-corrected chi connectivity index (χ4v) is 2.67. The predicted molar refractivity (Wildman–Crippen MR) is 99.6 cm³/mol. The van der Waals surface area contributed by atoms with Crippen LogP contribution >= 0.6 is 0 Å². The number of aromatic nitrogens is 5. The first-order chi connectivity index (χ1) is 13.6. The van der Waals surface area contributed by atoms with E-state index in [1.807, 2.05) is 30.3 Å². The van der Waals surface area contributed by atoms with E-state index >= 15 is 0 Å². The molecule has 0 saturated heterocycles. The lowest BCUT2D eigenvalue weighted by Gasteiger charge is -2.08. The second-order valence-electron chi connectivity index (χ2n) is 6.30. The second-order valence-corrected chi connectivity index (χ2v) is 6.30. The molecule has 0 bridgehead atoms. The number of carbonyl (C=O) groups is 1. The summed E-state index contributed by atoms with van der Waals surface area (Å²) in [6.45, 7) is 3.74. The molecule has 0 saturated carbocycles. The maximum absolute atomic E-state index is 12.3. The lowest BCUT2D eigenvalue weighted by atomic mass is 10.2. The number of amides is 1. The zero-order valence-corrected chi connectivity index (χ0v) is 15.3. The molecule has 1 unspecified atom stereocenters. The van der Waals surface area contributed by atoms with Gasteiger partial charge in [-0.3, -0.25) is 14.9 Å². The minimum atomic E-state index is -0.373. The van der Waals surface area contributed by atoms with Crippen molar-refractivity contribution >= 4 is 16.8 Å². The number of fused-ring (bicyclic) bond motifs is 1. The van der Waals surface area contributed by atoms with Gasteiger partial charge in [-0.25, -0.2) is 4.98 Å². The predicted octanol–water partition coefficient (Wildman–Crippen LogP) is 2.72. The summed E-state index contributed by atoms with van der Waals surface area (Å²) in [6.07, 6.45) is 1.74. The van der Waals surface area contributed by atoms with Gasteiger partial charge >= 0.3 is 0 Å². The smallest absolute Gasteiger partial charge is 0.274 e. The number of H-pyrrole nitrogens is 1. The van der Waals surface area contributed by atoms with Crippen LogP contribution in [0.4, 0.5) is 0 Å². The number of rotatable bonds is 6. The zero-order valence-electron chi connectivity index (χ0n) is 15.3. The van der Waals surface area contributed by atoms with Crippen LogP contribution in [-0.4, -0.2) is 31.2 Å². The summed E-state index contributed by atoms with van der Waals surface area (Å²) in [5.74, 6) is 1.93. The molecule has 9 nitrogen and oxygen atoms in total. The van der Waals surface area contributed by atoms with Crippen molar-refractivity contribution in [2.45, 2.75) is 26.5 Å². The average Bonchev–Trinajstić information content (AvgIpc) is 3.35. The van der Waals surface area contributed by atoms with Gasteiger partial charge in [-0.15, -0.1) is 0 Å². The molecule has 0 aliphatic rings. The van der Waals surface area contributed by atoms with Crippen LogP contribution in [0.25, 0.3) is 10.9 Å². The number of pyridine rings is 1. The van der Waals surface area contributed by atoms with Gasteiger partial charge in [0.25, 0.3) is 5.91 Å². The van der Waals surface area contributed by atoms with E-state index in [0.717, 1.165) is 10.9 Å². The van der Waals surface area contributed by atoms with Crippen molar-refractivity contribution in [1.82, 2.24) is 30.6 Å². The number of benzene rings is 1. The topological polar surface area (TPSA) is 119 Å². The molecule has 0 radical (unpaired) electrons. The summed E-state index contributed by atoms with van der Waals surface area (Å²) in [6, 6.07) is 10.6. The number of aryl methyl sites for hydroxylation is 1. The van der Waals surface area contributed by atoms with Crippen LogP contribution in [0.5, 0.6) is 5.75 Å². The molecule has 4 rings (SSSR count). The van der Waals surface area contributed by atoms with Gasteiger partial charge < -0.3 is 14.6 Å². The first-order valence-electron chi connectivity index (χ1n) is 8.71. The Kier molecular flexibility index (Phi) is 4.71. The van der Waals surface area contributed by atoms with E-state index in [1.165, 1.54) is 0 Å². The minimum absolute atomic E-state index is 0.154. The minimum Gasteiger partial charge on any atom is -0.486 e. The third-order valence-electron chi connectivity index (χ3n) is 4.10. The quantitative estimate of drug-likeness (QED) is 0.529. The van der Waals surface area contributed by atoms with Gasteiger partial charge in [-0.1, -0.05) is 11.2 Å². The van der Waals surface area contributed by atoms with Crippen LogP contribution in [0.2, 0.25) is 0 Å². The van der Waals surface area contributed by atoms with Crippen molar-refractivity contribution in [3.63, 3.8) is 0 Å². The normalized spacial score (nSPS) is 12.1. The van der Waals surface area contributed by atoms with Crippen molar-refractivity contribution in [2.75, 3.05) is 0 Å². The lowest BCUT2D eigenvalue weighted by Crippen LogP contribution is -2.27. The van der Waals surface area contributed by atoms with Gasteiger partial charge in [0.2, 0.25) is 0 Å². The number of hydrogen-bond donors (Lipinski definition) is 2. The monoisotopic (exact) mass is 378 g/mol. The molecule has 9 heteroatoms. The van der Waals surface area contributed by atoms with Crippen LogP contribution in [0.1, 0.15) is 40.9 Å². The van der Waals surface area contributed by atoms with Gasteiger partial charge in [0, 0.05) is 17.6 Å². The van der Waals surface area contributed by atoms with E-state index < -0.39 is 0 Å². The molecule has 142 valence electrons. The average molecular weight is 378 g/mol. The number of aromatic amines is 1. The van der Waals surface area contributed by atoms with E-state index in [2.05, 4.69) is 30.6 Å². The Hall–Kier alpha value is -3.75. The number of hydrogen-bond acceptors (Lipinski definition) is 7. The van der Waals surface area contributed by atoms with Gasteiger partial charge in [0.1, 0.15) is 18.2 Å². The highest BCUT2D eigenvalue weighted by molar-refractivity contribution is 5.92. The van der Waals surface area contributed by atoms with Crippen LogP contribution in [0, 0.1) is 6.92 Å². The van der Waals surface area contributed by atoms with Crippen molar-refractivity contribution in [3.8, 4) is 5.75 Å². The van der Waals surface area contributed by atoms with E-state index in [-0.39, 0.29) is 24.2 Å². The molecule has 4 aromatic rings. The lowest BCUT2D eigenvalue weighted by molar-refractivity contribution is 0.0929. The maximum atomic E-state index is 12.3. The summed E-state index contributed by atoms with van der Waals surface area (Å²) in [5.41, 5.74) is 1.06. The number of ether oxygens (including phenoxy) is 1. The van der Waals surface area contributed by atoms with Gasteiger partial charge in [0.15, 0.2) is 17.3 Å². The fraction of sp³-hybridized carbons (Fsp3) is 0.211. The Morgan fingerprint density at radius 1 is 1.32 bits per heavy atom.